The molecule has 3 aromatic heterocycles. The zero-order valence-electron chi connectivity index (χ0n) is 18.5. The minimum atomic E-state index is -0.246. The molecule has 0 unspecified atom stereocenters. The van der Waals surface area contributed by atoms with Crippen molar-refractivity contribution in [3.8, 4) is 22.4 Å². The van der Waals surface area contributed by atoms with Crippen LogP contribution in [0.3, 0.4) is 0 Å². The zero-order valence-corrected chi connectivity index (χ0v) is 18.5. The zero-order chi connectivity index (χ0) is 22.9. The molecule has 0 aliphatic heterocycles. The van der Waals surface area contributed by atoms with E-state index in [0.717, 1.165) is 48.1 Å². The van der Waals surface area contributed by atoms with Gasteiger partial charge in [-0.1, -0.05) is 18.9 Å². The number of benzene rings is 1. The van der Waals surface area contributed by atoms with Gasteiger partial charge in [0, 0.05) is 41.2 Å². The van der Waals surface area contributed by atoms with E-state index in [1.54, 1.807) is 35.9 Å². The van der Waals surface area contributed by atoms with Crippen molar-refractivity contribution in [2.45, 2.75) is 44.7 Å². The number of amides is 1. The third kappa shape index (κ3) is 4.12. The summed E-state index contributed by atoms with van der Waals surface area (Å²) in [5.74, 6) is -0.424. The Morgan fingerprint density at radius 2 is 1.94 bits per heavy atom. The first kappa shape index (κ1) is 21.3. The van der Waals surface area contributed by atoms with Gasteiger partial charge in [0.2, 0.25) is 0 Å². The maximum atomic E-state index is 13.8. The Morgan fingerprint density at radius 1 is 1.12 bits per heavy atom. The maximum Gasteiger partial charge on any atom is 0.270 e. The molecular weight excluding hydrogens is 417 g/mol. The Labute approximate surface area is 191 Å². The fraction of sp³-hybridized carbons (Fsp3) is 0.269. The highest BCUT2D eigenvalue weighted by atomic mass is 19.1. The van der Waals surface area contributed by atoms with Gasteiger partial charge in [0.25, 0.3) is 5.91 Å². The molecule has 0 spiro atoms. The molecule has 33 heavy (non-hydrogen) atoms. The second-order valence-electron chi connectivity index (χ2n) is 8.68. The van der Waals surface area contributed by atoms with E-state index in [1.165, 1.54) is 6.07 Å². The van der Waals surface area contributed by atoms with Gasteiger partial charge in [0.05, 0.1) is 11.9 Å². The summed E-state index contributed by atoms with van der Waals surface area (Å²) in [7, 11) is 0. The molecule has 1 amide bonds. The molecule has 4 aromatic rings. The van der Waals surface area contributed by atoms with Gasteiger partial charge in [-0.15, -0.1) is 0 Å². The van der Waals surface area contributed by atoms with Crippen molar-refractivity contribution in [2.24, 2.45) is 5.73 Å². The topological polar surface area (TPSA) is 85.3 Å². The van der Waals surface area contributed by atoms with Crippen LogP contribution in [-0.4, -0.2) is 32.4 Å². The van der Waals surface area contributed by atoms with Gasteiger partial charge in [0.1, 0.15) is 17.2 Å². The van der Waals surface area contributed by atoms with Crippen LogP contribution in [-0.2, 0) is 0 Å². The molecule has 3 N–H and O–H groups in total. The monoisotopic (exact) mass is 443 g/mol. The number of nitrogens with one attached hydrogen (secondary N) is 1. The lowest BCUT2D eigenvalue weighted by Crippen LogP contribution is -2.49. The minimum absolute atomic E-state index is 0.0189. The van der Waals surface area contributed by atoms with Crippen LogP contribution in [0.5, 0.6) is 0 Å². The van der Waals surface area contributed by atoms with Crippen molar-refractivity contribution in [3.63, 3.8) is 0 Å². The number of rotatable bonds is 4. The number of carbonyl (C=O) groups is 1. The number of aromatic nitrogens is 3. The van der Waals surface area contributed by atoms with E-state index in [2.05, 4.69) is 15.3 Å². The second-order valence-corrected chi connectivity index (χ2v) is 8.68. The van der Waals surface area contributed by atoms with Gasteiger partial charge in [-0.25, -0.2) is 9.37 Å². The van der Waals surface area contributed by atoms with Gasteiger partial charge >= 0.3 is 0 Å². The second kappa shape index (κ2) is 8.75. The van der Waals surface area contributed by atoms with Crippen LogP contribution in [0.4, 0.5) is 4.39 Å². The number of fused-ring (bicyclic) bond motifs is 1. The third-order valence-electron chi connectivity index (χ3n) is 6.42. The van der Waals surface area contributed by atoms with Gasteiger partial charge < -0.3 is 11.1 Å². The van der Waals surface area contributed by atoms with Gasteiger partial charge in [-0.3, -0.25) is 14.2 Å². The number of hydrogen-bond donors (Lipinski definition) is 2. The summed E-state index contributed by atoms with van der Waals surface area (Å²) >= 11 is 0. The highest BCUT2D eigenvalue weighted by molar-refractivity contribution is 5.94. The smallest absolute Gasteiger partial charge is 0.270 e. The molecule has 1 aliphatic carbocycles. The number of halogens is 1. The van der Waals surface area contributed by atoms with Crippen molar-refractivity contribution in [2.75, 3.05) is 0 Å². The summed E-state index contributed by atoms with van der Waals surface area (Å²) in [4.78, 5) is 22.0. The quantitative estimate of drug-likeness (QED) is 0.486. The molecule has 1 aliphatic rings. The van der Waals surface area contributed by atoms with Crippen LogP contribution in [0.25, 0.3) is 28.0 Å². The van der Waals surface area contributed by atoms with E-state index in [1.807, 2.05) is 30.5 Å². The number of aryl methyl sites for hydroxylation is 1. The summed E-state index contributed by atoms with van der Waals surface area (Å²) in [5, 5.41) is 3.10. The number of carbonyl (C=O) groups excluding carboxylic acids is 1. The molecule has 5 rings (SSSR count). The predicted octanol–water partition coefficient (Wildman–Crippen LogP) is 4.51. The first-order valence-electron chi connectivity index (χ1n) is 11.3. The Bertz CT molecular complexity index is 1330. The van der Waals surface area contributed by atoms with Crippen molar-refractivity contribution in [1.29, 1.82) is 0 Å². The third-order valence-corrected chi connectivity index (χ3v) is 6.42. The van der Waals surface area contributed by atoms with Crippen LogP contribution < -0.4 is 11.1 Å². The minimum Gasteiger partial charge on any atom is -0.346 e. The molecule has 7 heteroatoms. The molecule has 2 atom stereocenters. The molecule has 168 valence electrons. The van der Waals surface area contributed by atoms with E-state index in [-0.39, 0.29) is 23.8 Å². The first-order valence-corrected chi connectivity index (χ1v) is 11.3. The Hall–Kier alpha value is -3.58. The molecular formula is C26H26FN5O. The lowest BCUT2D eigenvalue weighted by molar-refractivity contribution is 0.0915. The summed E-state index contributed by atoms with van der Waals surface area (Å²) in [5.41, 5.74) is 11.3. The Balaban J connectivity index is 1.52. The maximum absolute atomic E-state index is 13.8. The summed E-state index contributed by atoms with van der Waals surface area (Å²) in [6, 6.07) is 12.6. The van der Waals surface area contributed by atoms with E-state index in [4.69, 9.17) is 5.73 Å². The van der Waals surface area contributed by atoms with Crippen LogP contribution in [0.15, 0.2) is 61.1 Å². The van der Waals surface area contributed by atoms with Gasteiger partial charge in [-0.05, 0) is 61.7 Å². The van der Waals surface area contributed by atoms with Crippen molar-refractivity contribution in [3.05, 3.63) is 78.1 Å². The molecule has 1 saturated carbocycles. The average molecular weight is 444 g/mol. The average Bonchev–Trinajstić information content (AvgIpc) is 3.26. The molecule has 0 radical (unpaired) electrons. The normalized spacial score (nSPS) is 18.4. The fourth-order valence-electron chi connectivity index (χ4n) is 4.55. The number of nitrogens with zero attached hydrogens (tertiary/aromatic N) is 3. The largest absolute Gasteiger partial charge is 0.346 e. The van der Waals surface area contributed by atoms with Gasteiger partial charge in [-0.2, -0.15) is 0 Å². The van der Waals surface area contributed by atoms with E-state index in [0.29, 0.717) is 16.9 Å². The molecule has 6 nitrogen and oxygen atoms in total. The van der Waals surface area contributed by atoms with E-state index < -0.39 is 0 Å². The van der Waals surface area contributed by atoms with Crippen molar-refractivity contribution >= 4 is 11.6 Å². The van der Waals surface area contributed by atoms with Gasteiger partial charge in [0.15, 0.2) is 0 Å². The Morgan fingerprint density at radius 3 is 2.76 bits per heavy atom. The highest BCUT2D eigenvalue weighted by Crippen LogP contribution is 2.31. The number of pyridine rings is 2. The molecule has 1 aromatic carbocycles. The number of nitrogens with two attached hydrogens (primary N) is 1. The first-order chi connectivity index (χ1) is 16.0. The number of imidazole rings is 1. The highest BCUT2D eigenvalue weighted by Gasteiger charge is 2.25. The van der Waals surface area contributed by atoms with Crippen LogP contribution >= 0.6 is 0 Å². The molecule has 0 bridgehead atoms. The fourth-order valence-corrected chi connectivity index (χ4v) is 4.55. The summed E-state index contributed by atoms with van der Waals surface area (Å²) in [6.45, 7) is 1.74. The lowest BCUT2D eigenvalue weighted by Gasteiger charge is -2.29. The van der Waals surface area contributed by atoms with Crippen LogP contribution in [0.1, 0.15) is 41.7 Å². The SMILES string of the molecule is Cc1cc(-c2ncccc2-c2ccc3ncc(C(=O)N[C@@H]4CCCC[C@H]4N)n3c2)ccc1F. The van der Waals surface area contributed by atoms with E-state index in [9.17, 15) is 9.18 Å². The van der Waals surface area contributed by atoms with E-state index >= 15 is 0 Å². The van der Waals surface area contributed by atoms with Crippen LogP contribution in [0, 0.1) is 12.7 Å². The number of hydrogen-bond acceptors (Lipinski definition) is 4. The van der Waals surface area contributed by atoms with Crippen molar-refractivity contribution < 1.29 is 9.18 Å². The predicted molar refractivity (Wildman–Crippen MR) is 126 cm³/mol. The summed E-state index contributed by atoms with van der Waals surface area (Å²) < 4.78 is 15.6. The molecule has 1 fully saturated rings. The standard InChI is InChI=1S/C26H26FN5O/c1-16-13-17(8-10-20(16)27)25-19(5-4-12-29-25)18-9-11-24-30-14-23(32(24)15-18)26(33)31-22-7-3-2-6-21(22)28/h4-5,8-15,21-22H,2-3,6-7,28H2,1H3,(H,31,33)/t21-,22-/m1/s1. The summed E-state index contributed by atoms with van der Waals surface area (Å²) in [6.07, 6.45) is 9.21. The lowest BCUT2D eigenvalue weighted by atomic mass is 9.91. The van der Waals surface area contributed by atoms with Crippen LogP contribution in [0.2, 0.25) is 0 Å². The molecule has 0 saturated heterocycles. The Kier molecular flexibility index (Phi) is 5.64. The van der Waals surface area contributed by atoms with Crippen molar-refractivity contribution in [1.82, 2.24) is 19.7 Å². The molecule has 3 heterocycles.